The van der Waals surface area contributed by atoms with Crippen molar-refractivity contribution in [1.29, 1.82) is 0 Å². The van der Waals surface area contributed by atoms with Gasteiger partial charge in [-0.15, -0.1) is 0 Å². The van der Waals surface area contributed by atoms with Crippen LogP contribution in [0, 0.1) is 6.92 Å². The molecular weight excluding hydrogens is 543 g/mol. The number of hydrogen-bond acceptors (Lipinski definition) is 10. The van der Waals surface area contributed by atoms with Crippen molar-refractivity contribution in [2.75, 3.05) is 73.2 Å². The number of carbonyl (C=O) groups is 1. The van der Waals surface area contributed by atoms with Gasteiger partial charge in [-0.25, -0.2) is 7.31 Å². The largest absolute Gasteiger partial charge is 0.491 e. The Morgan fingerprint density at radius 1 is 0.871 bits per heavy atom. The molecule has 0 heterocycles. The molecule has 9 nitrogen and oxygen atoms in total. The van der Waals surface area contributed by atoms with Crippen molar-refractivity contribution >= 4 is 41.3 Å². The Balaban J connectivity index is 1.86. The molecule has 0 amide bonds. The second-order valence-corrected chi connectivity index (χ2v) is 7.65. The molecule has 0 aromatic heterocycles. The first-order valence-electron chi connectivity index (χ1n) is 9.88. The van der Waals surface area contributed by atoms with Gasteiger partial charge in [-0.1, -0.05) is 0 Å². The molecule has 0 saturated carbocycles. The highest BCUT2D eigenvalue weighted by Crippen LogP contribution is 2.18. The van der Waals surface area contributed by atoms with E-state index in [2.05, 4.69) is 2.51 Å². The van der Waals surface area contributed by atoms with E-state index in [9.17, 15) is 4.79 Å². The SMILES string of the molecule is COC(=O)c1ccc(OCCOCCOCCOCCOCCCOSOI)cc1C. The molecular formula is C20H31IO9S. The minimum atomic E-state index is -0.356. The smallest absolute Gasteiger partial charge is 0.338 e. The number of rotatable bonds is 20. The van der Waals surface area contributed by atoms with E-state index >= 15 is 0 Å². The van der Waals surface area contributed by atoms with E-state index in [4.69, 9.17) is 32.6 Å². The topological polar surface area (TPSA) is 90.9 Å². The summed E-state index contributed by atoms with van der Waals surface area (Å²) in [6.45, 7) is 6.98. The van der Waals surface area contributed by atoms with Crippen LogP contribution in [-0.4, -0.2) is 79.1 Å². The van der Waals surface area contributed by atoms with Gasteiger partial charge in [0.1, 0.15) is 35.4 Å². The number of benzene rings is 1. The zero-order valence-corrected chi connectivity index (χ0v) is 20.9. The normalized spacial score (nSPS) is 10.9. The molecule has 1 rings (SSSR count). The van der Waals surface area contributed by atoms with Crippen molar-refractivity contribution < 1.29 is 39.9 Å². The van der Waals surface area contributed by atoms with Gasteiger partial charge in [-0.2, -0.15) is 0 Å². The molecule has 0 radical (unpaired) electrons. The third-order valence-corrected chi connectivity index (χ3v) is 4.56. The van der Waals surface area contributed by atoms with Gasteiger partial charge in [0.25, 0.3) is 0 Å². The fourth-order valence-corrected chi connectivity index (χ4v) is 2.85. The summed E-state index contributed by atoms with van der Waals surface area (Å²) in [5.74, 6) is 0.328. The van der Waals surface area contributed by atoms with Crippen molar-refractivity contribution in [3.63, 3.8) is 0 Å². The maximum Gasteiger partial charge on any atom is 0.338 e. The van der Waals surface area contributed by atoms with Crippen LogP contribution < -0.4 is 4.74 Å². The standard InChI is InChI=1S/C20H31IO9S/c1-17-16-18(4-5-19(17)20(22)23-2)28-15-14-27-13-12-26-11-10-25-9-8-24-6-3-7-29-31-30-21/h4-5,16H,3,6-15H2,1-2H3. The van der Waals surface area contributed by atoms with Crippen molar-refractivity contribution in [2.24, 2.45) is 0 Å². The third-order valence-electron chi connectivity index (χ3n) is 3.81. The number of carbonyl (C=O) groups excluding carboxylic acids is 1. The maximum absolute atomic E-state index is 11.6. The Morgan fingerprint density at radius 2 is 1.45 bits per heavy atom. The van der Waals surface area contributed by atoms with E-state index in [0.29, 0.717) is 77.4 Å². The van der Waals surface area contributed by atoms with E-state index in [1.165, 1.54) is 7.11 Å². The summed E-state index contributed by atoms with van der Waals surface area (Å²) in [4.78, 5) is 11.6. The predicted molar refractivity (Wildman–Crippen MR) is 125 cm³/mol. The van der Waals surface area contributed by atoms with Crippen molar-refractivity contribution in [3.05, 3.63) is 29.3 Å². The number of esters is 1. The highest BCUT2D eigenvalue weighted by Gasteiger charge is 2.09. The van der Waals surface area contributed by atoms with Crippen LogP contribution in [0.25, 0.3) is 0 Å². The van der Waals surface area contributed by atoms with Gasteiger partial charge < -0.3 is 28.4 Å². The summed E-state index contributed by atoms with van der Waals surface area (Å²) in [6.07, 6.45) is 0.808. The lowest BCUT2D eigenvalue weighted by Crippen LogP contribution is -2.14. The number of halogens is 1. The Kier molecular flexibility index (Phi) is 18.3. The molecule has 0 aliphatic heterocycles. The van der Waals surface area contributed by atoms with Crippen LogP contribution in [0.5, 0.6) is 5.75 Å². The lowest BCUT2D eigenvalue weighted by atomic mass is 10.1. The van der Waals surface area contributed by atoms with Crippen LogP contribution in [0.3, 0.4) is 0 Å². The second kappa shape index (κ2) is 20.0. The average molecular weight is 574 g/mol. The van der Waals surface area contributed by atoms with Crippen molar-refractivity contribution in [3.8, 4) is 5.75 Å². The molecule has 1 aromatic rings. The Hall–Kier alpha value is -0.670. The minimum absolute atomic E-state index is 0.356. The summed E-state index contributed by atoms with van der Waals surface area (Å²) in [7, 11) is 1.36. The number of aryl methyl sites for hydroxylation is 1. The summed E-state index contributed by atoms with van der Waals surface area (Å²) in [5.41, 5.74) is 1.33. The van der Waals surface area contributed by atoms with Gasteiger partial charge >= 0.3 is 5.97 Å². The van der Waals surface area contributed by atoms with E-state index in [1.54, 1.807) is 41.2 Å². The van der Waals surface area contributed by atoms with Gasteiger partial charge in [0.2, 0.25) is 0 Å². The molecule has 31 heavy (non-hydrogen) atoms. The summed E-state index contributed by atoms with van der Waals surface area (Å²) >= 11 is 2.71. The molecule has 1 aromatic carbocycles. The Labute approximate surface area is 202 Å². The highest BCUT2D eigenvalue weighted by molar-refractivity contribution is 14.1. The first kappa shape index (κ1) is 28.4. The number of methoxy groups -OCH3 is 1. The van der Waals surface area contributed by atoms with Crippen LogP contribution in [-0.2, 0) is 30.4 Å². The fourth-order valence-electron chi connectivity index (χ4n) is 2.32. The molecule has 0 saturated heterocycles. The lowest BCUT2D eigenvalue weighted by Gasteiger charge is -2.10. The van der Waals surface area contributed by atoms with E-state index in [0.717, 1.165) is 24.3 Å². The summed E-state index contributed by atoms with van der Waals surface area (Å²) in [6, 6.07) is 5.23. The van der Waals surface area contributed by atoms with Gasteiger partial charge in [-0.3, -0.25) is 4.18 Å². The lowest BCUT2D eigenvalue weighted by molar-refractivity contribution is -0.00528. The fraction of sp³-hybridized carbons (Fsp3) is 0.650. The molecule has 178 valence electrons. The predicted octanol–water partition coefficient (Wildman–Crippen LogP) is 3.56. The van der Waals surface area contributed by atoms with Crippen molar-refractivity contribution in [2.45, 2.75) is 13.3 Å². The molecule has 0 aliphatic carbocycles. The average Bonchev–Trinajstić information content (AvgIpc) is 2.78. The Morgan fingerprint density at radius 3 is 2.00 bits per heavy atom. The molecule has 0 atom stereocenters. The minimum Gasteiger partial charge on any atom is -0.491 e. The summed E-state index contributed by atoms with van der Waals surface area (Å²) in [5, 5.41) is 0. The number of ether oxygens (including phenoxy) is 6. The van der Waals surface area contributed by atoms with Crippen LogP contribution in [0.2, 0.25) is 0 Å². The van der Waals surface area contributed by atoms with Gasteiger partial charge in [0.05, 0.1) is 65.5 Å². The molecule has 11 heteroatoms. The second-order valence-electron chi connectivity index (χ2n) is 6.07. The Bertz CT molecular complexity index is 592. The van der Waals surface area contributed by atoms with Gasteiger partial charge in [0.15, 0.2) is 12.3 Å². The molecule has 0 unspecified atom stereocenters. The first-order valence-corrected chi connectivity index (χ1v) is 11.4. The third kappa shape index (κ3) is 14.9. The molecule has 0 bridgehead atoms. The summed E-state index contributed by atoms with van der Waals surface area (Å²) < 4.78 is 41.8. The van der Waals surface area contributed by atoms with Gasteiger partial charge in [0, 0.05) is 6.61 Å². The number of hydrogen-bond donors (Lipinski definition) is 0. The van der Waals surface area contributed by atoms with Crippen molar-refractivity contribution in [1.82, 2.24) is 0 Å². The quantitative estimate of drug-likeness (QED) is 0.0997. The maximum atomic E-state index is 11.6. The van der Waals surface area contributed by atoms with Gasteiger partial charge in [-0.05, 0) is 37.1 Å². The van der Waals surface area contributed by atoms with Crippen LogP contribution >= 0.6 is 35.3 Å². The molecule has 0 fully saturated rings. The molecule has 0 spiro atoms. The van der Waals surface area contributed by atoms with E-state index in [1.807, 2.05) is 6.92 Å². The van der Waals surface area contributed by atoms with Crippen LogP contribution in [0.15, 0.2) is 18.2 Å². The molecule has 0 N–H and O–H groups in total. The van der Waals surface area contributed by atoms with Crippen LogP contribution in [0.1, 0.15) is 22.3 Å². The monoisotopic (exact) mass is 574 g/mol. The molecule has 0 aliphatic rings. The van der Waals surface area contributed by atoms with E-state index in [-0.39, 0.29) is 5.97 Å². The zero-order valence-electron chi connectivity index (χ0n) is 18.0. The first-order chi connectivity index (χ1) is 15.2. The highest BCUT2D eigenvalue weighted by atomic mass is 127. The zero-order chi connectivity index (χ0) is 22.6. The van der Waals surface area contributed by atoms with E-state index < -0.39 is 0 Å². The van der Waals surface area contributed by atoms with Crippen LogP contribution in [0.4, 0.5) is 0 Å².